The zero-order chi connectivity index (χ0) is 12.4. The number of nitrogen functional groups attached to an aromatic ring is 1. The summed E-state index contributed by atoms with van der Waals surface area (Å²) in [7, 11) is 1.91. The van der Waals surface area contributed by atoms with Crippen LogP contribution in [-0.2, 0) is 13.6 Å². The second-order valence-corrected chi connectivity index (χ2v) is 4.38. The molecule has 5 heteroatoms. The van der Waals surface area contributed by atoms with Crippen molar-refractivity contribution in [3.63, 3.8) is 0 Å². The number of hydrogen-bond acceptors (Lipinski definition) is 3. The second kappa shape index (κ2) is 4.67. The van der Waals surface area contributed by atoms with Crippen molar-refractivity contribution in [2.24, 2.45) is 7.05 Å². The van der Waals surface area contributed by atoms with Crippen LogP contribution in [-0.4, -0.2) is 9.78 Å². The van der Waals surface area contributed by atoms with Crippen molar-refractivity contribution >= 4 is 23.0 Å². The molecule has 17 heavy (non-hydrogen) atoms. The third kappa shape index (κ3) is 2.53. The molecule has 0 aliphatic rings. The van der Waals surface area contributed by atoms with Gasteiger partial charge in [0, 0.05) is 25.4 Å². The zero-order valence-electron chi connectivity index (χ0n) is 9.87. The summed E-state index contributed by atoms with van der Waals surface area (Å²) in [5, 5.41) is 8.11. The molecule has 90 valence electrons. The van der Waals surface area contributed by atoms with Crippen molar-refractivity contribution in [2.75, 3.05) is 11.1 Å². The molecule has 2 aromatic rings. The molecule has 0 aliphatic heterocycles. The van der Waals surface area contributed by atoms with E-state index in [4.69, 9.17) is 17.3 Å². The van der Waals surface area contributed by atoms with E-state index >= 15 is 0 Å². The van der Waals surface area contributed by atoms with Crippen LogP contribution in [0.25, 0.3) is 0 Å². The predicted molar refractivity (Wildman–Crippen MR) is 71.1 cm³/mol. The maximum Gasteiger partial charge on any atom is 0.0739 e. The average molecular weight is 251 g/mol. The number of nitrogens with zero attached hydrogens (tertiary/aromatic N) is 2. The molecule has 2 rings (SSSR count). The Kier molecular flexibility index (Phi) is 3.24. The molecule has 0 bridgehead atoms. The summed E-state index contributed by atoms with van der Waals surface area (Å²) in [5.74, 6) is 0. The number of hydrogen-bond donors (Lipinski definition) is 2. The van der Waals surface area contributed by atoms with Gasteiger partial charge in [-0.05, 0) is 19.1 Å². The van der Waals surface area contributed by atoms with Crippen LogP contribution in [0.4, 0.5) is 11.4 Å². The highest BCUT2D eigenvalue weighted by Gasteiger charge is 2.05. The summed E-state index contributed by atoms with van der Waals surface area (Å²) in [6.07, 6.45) is 1.99. The molecule has 3 N–H and O–H groups in total. The van der Waals surface area contributed by atoms with Crippen LogP contribution >= 0.6 is 11.6 Å². The smallest absolute Gasteiger partial charge is 0.0739 e. The Hall–Kier alpha value is -1.68. The van der Waals surface area contributed by atoms with Gasteiger partial charge >= 0.3 is 0 Å². The van der Waals surface area contributed by atoms with E-state index in [0.29, 0.717) is 17.3 Å². The zero-order valence-corrected chi connectivity index (χ0v) is 10.6. The van der Waals surface area contributed by atoms with Crippen molar-refractivity contribution < 1.29 is 0 Å². The van der Waals surface area contributed by atoms with Crippen LogP contribution in [0.5, 0.6) is 0 Å². The van der Waals surface area contributed by atoms with Crippen molar-refractivity contribution in [3.05, 3.63) is 40.7 Å². The lowest BCUT2D eigenvalue weighted by molar-refractivity contribution is 0.756. The predicted octanol–water partition coefficient (Wildman–Crippen LogP) is 2.58. The van der Waals surface area contributed by atoms with Crippen LogP contribution in [0.2, 0.25) is 5.02 Å². The number of aromatic nitrogens is 2. The van der Waals surface area contributed by atoms with Crippen molar-refractivity contribution in [1.29, 1.82) is 0 Å². The van der Waals surface area contributed by atoms with E-state index in [9.17, 15) is 0 Å². The number of halogens is 1. The Morgan fingerprint density at radius 2 is 2.24 bits per heavy atom. The van der Waals surface area contributed by atoms with Gasteiger partial charge in [-0.15, -0.1) is 0 Å². The fraction of sp³-hybridized carbons (Fsp3) is 0.250. The maximum absolute atomic E-state index is 5.95. The Balaban J connectivity index is 2.12. The normalized spacial score (nSPS) is 10.5. The van der Waals surface area contributed by atoms with E-state index in [-0.39, 0.29) is 0 Å². The summed E-state index contributed by atoms with van der Waals surface area (Å²) in [5.41, 5.74) is 9.46. The van der Waals surface area contributed by atoms with Gasteiger partial charge in [0.05, 0.1) is 22.1 Å². The molecule has 0 amide bonds. The minimum absolute atomic E-state index is 0.568. The molecular formula is C12H15ClN4. The molecule has 1 aromatic heterocycles. The lowest BCUT2D eigenvalue weighted by atomic mass is 10.2. The van der Waals surface area contributed by atoms with Crippen LogP contribution < -0.4 is 11.1 Å². The first kappa shape index (κ1) is 11.8. The molecule has 0 atom stereocenters. The molecule has 0 aliphatic carbocycles. The van der Waals surface area contributed by atoms with Crippen LogP contribution in [0.3, 0.4) is 0 Å². The summed E-state index contributed by atoms with van der Waals surface area (Å²) < 4.78 is 1.80. The van der Waals surface area contributed by atoms with Crippen molar-refractivity contribution in [2.45, 2.75) is 13.5 Å². The Labute approximate surface area is 105 Å². The average Bonchev–Trinajstić information content (AvgIpc) is 2.60. The first-order chi connectivity index (χ1) is 8.08. The molecule has 0 radical (unpaired) electrons. The van der Waals surface area contributed by atoms with Crippen molar-refractivity contribution in [1.82, 2.24) is 9.78 Å². The standard InChI is InChI=1S/C12H15ClN4/c1-8-9(7-17(2)16-8)6-15-11-5-3-4-10(13)12(11)14/h3-5,7,15H,6,14H2,1-2H3. The van der Waals surface area contributed by atoms with Gasteiger partial charge < -0.3 is 11.1 Å². The molecule has 0 saturated carbocycles. The first-order valence-corrected chi connectivity index (χ1v) is 5.72. The largest absolute Gasteiger partial charge is 0.396 e. The number of aryl methyl sites for hydroxylation is 2. The quantitative estimate of drug-likeness (QED) is 0.824. The summed E-state index contributed by atoms with van der Waals surface area (Å²) in [6.45, 7) is 2.67. The van der Waals surface area contributed by atoms with E-state index in [1.807, 2.05) is 32.3 Å². The molecule has 1 heterocycles. The lowest BCUT2D eigenvalue weighted by Gasteiger charge is -2.09. The highest BCUT2D eigenvalue weighted by molar-refractivity contribution is 6.33. The van der Waals surface area contributed by atoms with E-state index in [1.165, 1.54) is 0 Å². The van der Waals surface area contributed by atoms with E-state index < -0.39 is 0 Å². The Morgan fingerprint density at radius 1 is 1.47 bits per heavy atom. The number of para-hydroxylation sites is 1. The fourth-order valence-electron chi connectivity index (χ4n) is 1.70. The van der Waals surface area contributed by atoms with E-state index in [1.54, 1.807) is 10.7 Å². The third-order valence-corrected chi connectivity index (χ3v) is 2.97. The molecule has 0 spiro atoms. The fourth-order valence-corrected chi connectivity index (χ4v) is 1.88. The molecular weight excluding hydrogens is 236 g/mol. The second-order valence-electron chi connectivity index (χ2n) is 3.97. The summed E-state index contributed by atoms with van der Waals surface area (Å²) in [6, 6.07) is 5.56. The summed E-state index contributed by atoms with van der Waals surface area (Å²) >= 11 is 5.95. The van der Waals surface area contributed by atoms with Gasteiger partial charge in [-0.2, -0.15) is 5.10 Å². The molecule has 0 unspecified atom stereocenters. The third-order valence-electron chi connectivity index (χ3n) is 2.64. The monoisotopic (exact) mass is 250 g/mol. The maximum atomic E-state index is 5.95. The van der Waals surface area contributed by atoms with Gasteiger partial charge in [-0.3, -0.25) is 4.68 Å². The van der Waals surface area contributed by atoms with Gasteiger partial charge in [0.1, 0.15) is 0 Å². The summed E-state index contributed by atoms with van der Waals surface area (Å²) in [4.78, 5) is 0. The van der Waals surface area contributed by atoms with Crippen molar-refractivity contribution in [3.8, 4) is 0 Å². The molecule has 0 saturated heterocycles. The minimum atomic E-state index is 0.568. The van der Waals surface area contributed by atoms with E-state index in [2.05, 4.69) is 10.4 Å². The number of rotatable bonds is 3. The highest BCUT2D eigenvalue weighted by Crippen LogP contribution is 2.27. The Bertz CT molecular complexity index is 533. The topological polar surface area (TPSA) is 55.9 Å². The number of benzene rings is 1. The number of nitrogens with one attached hydrogen (secondary N) is 1. The van der Waals surface area contributed by atoms with Crippen LogP contribution in [0, 0.1) is 6.92 Å². The Morgan fingerprint density at radius 3 is 2.88 bits per heavy atom. The first-order valence-electron chi connectivity index (χ1n) is 5.35. The van der Waals surface area contributed by atoms with Gasteiger partial charge in [0.25, 0.3) is 0 Å². The molecule has 4 nitrogen and oxygen atoms in total. The molecule has 0 fully saturated rings. The SMILES string of the molecule is Cc1nn(C)cc1CNc1cccc(Cl)c1N. The number of anilines is 2. The van der Waals surface area contributed by atoms with Gasteiger partial charge in [0.2, 0.25) is 0 Å². The molecule has 1 aromatic carbocycles. The number of nitrogens with two attached hydrogens (primary N) is 1. The minimum Gasteiger partial charge on any atom is -0.396 e. The highest BCUT2D eigenvalue weighted by atomic mass is 35.5. The van der Waals surface area contributed by atoms with Crippen LogP contribution in [0.1, 0.15) is 11.3 Å². The lowest BCUT2D eigenvalue weighted by Crippen LogP contribution is -2.03. The van der Waals surface area contributed by atoms with Gasteiger partial charge in [-0.25, -0.2) is 0 Å². The van der Waals surface area contributed by atoms with Crippen LogP contribution in [0.15, 0.2) is 24.4 Å². The van der Waals surface area contributed by atoms with E-state index in [0.717, 1.165) is 16.9 Å². The van der Waals surface area contributed by atoms with Gasteiger partial charge in [0.15, 0.2) is 0 Å². The van der Waals surface area contributed by atoms with Gasteiger partial charge in [-0.1, -0.05) is 17.7 Å².